The van der Waals surface area contributed by atoms with Crippen molar-refractivity contribution in [1.82, 2.24) is 0 Å². The molecule has 0 aliphatic heterocycles. The number of hydrogen-bond donors (Lipinski definition) is 1. The van der Waals surface area contributed by atoms with Gasteiger partial charge in [0.2, 0.25) is 0 Å². The third-order valence-corrected chi connectivity index (χ3v) is 2.47. The number of hydrogen-bond acceptors (Lipinski definition) is 2. The Balaban J connectivity index is 0.00000324. The fourth-order valence-electron chi connectivity index (χ4n) is 1.58. The Morgan fingerprint density at radius 1 is 1.32 bits per heavy atom. The first-order valence-corrected chi connectivity index (χ1v) is 5.64. The predicted molar refractivity (Wildman–Crippen MR) is 66.8 cm³/mol. The lowest BCUT2D eigenvalue weighted by Crippen LogP contribution is -2.18. The van der Waals surface area contributed by atoms with Crippen molar-refractivity contribution in [3.05, 3.63) is 29.6 Å². The first-order chi connectivity index (χ1) is 8.33. The Kier molecular flexibility index (Phi) is 7.15. The van der Waals surface area contributed by atoms with Crippen LogP contribution in [0.25, 0.3) is 0 Å². The maximum atomic E-state index is 13.5. The van der Waals surface area contributed by atoms with Gasteiger partial charge in [-0.15, -0.1) is 25.6 Å². The van der Waals surface area contributed by atoms with Crippen LogP contribution in [0.5, 0.6) is 5.75 Å². The third-order valence-electron chi connectivity index (χ3n) is 2.47. The van der Waals surface area contributed by atoms with Gasteiger partial charge in [0, 0.05) is 11.6 Å². The normalized spacial score (nSPS) is 12.7. The molecule has 1 aromatic carbocycles. The van der Waals surface area contributed by atoms with E-state index in [0.29, 0.717) is 6.42 Å². The van der Waals surface area contributed by atoms with Crippen molar-refractivity contribution >= 4 is 12.4 Å². The van der Waals surface area contributed by atoms with Gasteiger partial charge in [-0.25, -0.2) is 4.39 Å². The molecule has 7 heteroatoms. The lowest BCUT2D eigenvalue weighted by Gasteiger charge is -2.15. The molecule has 2 N–H and O–H groups in total. The van der Waals surface area contributed by atoms with Crippen LogP contribution in [0.3, 0.4) is 0 Å². The number of rotatable bonds is 5. The van der Waals surface area contributed by atoms with Crippen molar-refractivity contribution < 1.29 is 22.3 Å². The maximum Gasteiger partial charge on any atom is 0.573 e. The van der Waals surface area contributed by atoms with E-state index in [1.54, 1.807) is 0 Å². The Morgan fingerprint density at radius 2 is 1.95 bits per heavy atom. The zero-order valence-corrected chi connectivity index (χ0v) is 11.2. The molecule has 0 amide bonds. The predicted octanol–water partition coefficient (Wildman–Crippen LogP) is 4.34. The highest BCUT2D eigenvalue weighted by atomic mass is 35.5. The summed E-state index contributed by atoms with van der Waals surface area (Å²) in [6.07, 6.45) is -2.61. The minimum atomic E-state index is -4.79. The van der Waals surface area contributed by atoms with Crippen LogP contribution in [-0.2, 0) is 0 Å². The van der Waals surface area contributed by atoms with Gasteiger partial charge < -0.3 is 10.5 Å². The smallest absolute Gasteiger partial charge is 0.406 e. The second-order valence-electron chi connectivity index (χ2n) is 3.98. The lowest BCUT2D eigenvalue weighted by atomic mass is 10.0. The monoisotopic (exact) mass is 301 g/mol. The van der Waals surface area contributed by atoms with Gasteiger partial charge in [0.25, 0.3) is 0 Å². The second kappa shape index (κ2) is 7.55. The lowest BCUT2D eigenvalue weighted by molar-refractivity contribution is -0.274. The molecule has 0 aliphatic rings. The van der Waals surface area contributed by atoms with Gasteiger partial charge >= 0.3 is 6.36 Å². The molecular weight excluding hydrogens is 286 g/mol. The van der Waals surface area contributed by atoms with Crippen LogP contribution in [0.2, 0.25) is 0 Å². The van der Waals surface area contributed by atoms with Crippen LogP contribution in [0.4, 0.5) is 17.6 Å². The Bertz CT molecular complexity index is 398. The zero-order valence-electron chi connectivity index (χ0n) is 10.3. The van der Waals surface area contributed by atoms with E-state index in [0.717, 1.165) is 31.0 Å². The molecule has 0 radical (unpaired) electrons. The van der Waals surface area contributed by atoms with Gasteiger partial charge in [0.1, 0.15) is 11.6 Å². The molecule has 0 aromatic heterocycles. The summed E-state index contributed by atoms with van der Waals surface area (Å²) in [5, 5.41) is 0. The molecule has 0 aliphatic carbocycles. The van der Waals surface area contributed by atoms with Crippen molar-refractivity contribution in [3.8, 4) is 5.75 Å². The molecule has 0 fully saturated rings. The summed E-state index contributed by atoms with van der Waals surface area (Å²) in [5.74, 6) is -1.07. The summed E-state index contributed by atoms with van der Waals surface area (Å²) in [6.45, 7) is 1.95. The molecule has 1 atom stereocenters. The van der Waals surface area contributed by atoms with Crippen LogP contribution < -0.4 is 10.5 Å². The number of benzene rings is 1. The summed E-state index contributed by atoms with van der Waals surface area (Å²) in [6, 6.07) is 2.24. The molecule has 0 bridgehead atoms. The zero-order chi connectivity index (χ0) is 13.8. The van der Waals surface area contributed by atoms with E-state index in [4.69, 9.17) is 5.73 Å². The highest BCUT2D eigenvalue weighted by Crippen LogP contribution is 2.28. The van der Waals surface area contributed by atoms with Gasteiger partial charge in [-0.2, -0.15) is 0 Å². The van der Waals surface area contributed by atoms with Crippen LogP contribution >= 0.6 is 12.4 Å². The van der Waals surface area contributed by atoms with E-state index in [-0.39, 0.29) is 18.0 Å². The van der Waals surface area contributed by atoms with Crippen LogP contribution in [-0.4, -0.2) is 6.36 Å². The molecule has 2 nitrogen and oxygen atoms in total. The van der Waals surface area contributed by atoms with E-state index in [1.807, 2.05) is 6.92 Å². The second-order valence-corrected chi connectivity index (χ2v) is 3.98. The average Bonchev–Trinajstić information content (AvgIpc) is 2.26. The molecule has 1 rings (SSSR count). The minimum Gasteiger partial charge on any atom is -0.406 e. The standard InChI is InChI=1S/C12H15F4NO.ClH/c1-2-3-4-11(17)9-7-8(5-6-10(9)13)18-12(14,15)16;/h5-7,11H,2-4,17H2,1H3;1H/t11-;/m0./s1. The van der Waals surface area contributed by atoms with Gasteiger partial charge in [0.05, 0.1) is 0 Å². The molecule has 0 saturated heterocycles. The highest BCUT2D eigenvalue weighted by molar-refractivity contribution is 5.85. The highest BCUT2D eigenvalue weighted by Gasteiger charge is 2.31. The van der Waals surface area contributed by atoms with Crippen molar-refractivity contribution in [2.75, 3.05) is 0 Å². The molecule has 0 spiro atoms. The van der Waals surface area contributed by atoms with Gasteiger partial charge in [-0.05, 0) is 24.6 Å². The fraction of sp³-hybridized carbons (Fsp3) is 0.500. The van der Waals surface area contributed by atoms with Gasteiger partial charge in [-0.3, -0.25) is 0 Å². The molecule has 0 unspecified atom stereocenters. The Labute approximate surface area is 115 Å². The Morgan fingerprint density at radius 3 is 2.47 bits per heavy atom. The number of halogens is 5. The molecule has 1 aromatic rings. The van der Waals surface area contributed by atoms with Crippen LogP contribution in [0, 0.1) is 5.82 Å². The fourth-order valence-corrected chi connectivity index (χ4v) is 1.58. The quantitative estimate of drug-likeness (QED) is 0.821. The number of alkyl halides is 3. The molecular formula is C12H16ClF4NO. The SMILES string of the molecule is CCCC[C@H](N)c1cc(OC(F)(F)F)ccc1F.Cl. The van der Waals surface area contributed by atoms with Crippen LogP contribution in [0.15, 0.2) is 18.2 Å². The first-order valence-electron chi connectivity index (χ1n) is 5.64. The largest absolute Gasteiger partial charge is 0.573 e. The van der Waals surface area contributed by atoms with E-state index >= 15 is 0 Å². The van der Waals surface area contributed by atoms with Crippen molar-refractivity contribution in [2.45, 2.75) is 38.6 Å². The maximum absolute atomic E-state index is 13.5. The first kappa shape index (κ1) is 18.0. The van der Waals surface area contributed by atoms with Crippen molar-refractivity contribution in [3.63, 3.8) is 0 Å². The third kappa shape index (κ3) is 6.11. The minimum absolute atomic E-state index is 0. The van der Waals surface area contributed by atoms with Gasteiger partial charge in [0.15, 0.2) is 0 Å². The summed E-state index contributed by atoms with van der Waals surface area (Å²) < 4.78 is 53.3. The van der Waals surface area contributed by atoms with E-state index in [2.05, 4.69) is 4.74 Å². The Hall–Kier alpha value is -1.01. The topological polar surface area (TPSA) is 35.2 Å². The molecule has 0 saturated carbocycles. The van der Waals surface area contributed by atoms with Crippen LogP contribution in [0.1, 0.15) is 37.8 Å². The number of ether oxygens (including phenoxy) is 1. The summed E-state index contributed by atoms with van der Waals surface area (Å²) in [7, 11) is 0. The van der Waals surface area contributed by atoms with E-state index in [1.165, 1.54) is 0 Å². The van der Waals surface area contributed by atoms with E-state index in [9.17, 15) is 17.6 Å². The summed E-state index contributed by atoms with van der Waals surface area (Å²) in [5.41, 5.74) is 5.78. The van der Waals surface area contributed by atoms with E-state index < -0.39 is 24.0 Å². The van der Waals surface area contributed by atoms with Gasteiger partial charge in [-0.1, -0.05) is 19.8 Å². The average molecular weight is 302 g/mol. The number of nitrogens with two attached hydrogens (primary N) is 1. The molecule has 0 heterocycles. The summed E-state index contributed by atoms with van der Waals surface area (Å²) >= 11 is 0. The summed E-state index contributed by atoms with van der Waals surface area (Å²) in [4.78, 5) is 0. The van der Waals surface area contributed by atoms with Crippen molar-refractivity contribution in [2.24, 2.45) is 5.73 Å². The number of unbranched alkanes of at least 4 members (excludes halogenated alkanes) is 1. The molecule has 110 valence electrons. The van der Waals surface area contributed by atoms with Crippen molar-refractivity contribution in [1.29, 1.82) is 0 Å². The molecule has 19 heavy (non-hydrogen) atoms.